The van der Waals surface area contributed by atoms with Crippen LogP contribution in [0.2, 0.25) is 0 Å². The minimum Gasteiger partial charge on any atom is -0.478 e. The standard InChI is InChI=1S/C22H30N4O2/c1-15-12-16(2)21(20(23)13-15)28-17(3)22(27)25-18-7-10-26(11-8-18)14-19-6-4-5-9-24-19/h4-6,9,12-13,17-18H,7-8,10-11,14,23H2,1-3H3,(H,25,27). The lowest BCUT2D eigenvalue weighted by atomic mass is 10.0. The molecular formula is C22H30N4O2. The van der Waals surface area contributed by atoms with Gasteiger partial charge in [0.25, 0.3) is 5.91 Å². The number of piperidine rings is 1. The van der Waals surface area contributed by atoms with Crippen molar-refractivity contribution in [3.05, 3.63) is 53.3 Å². The molecule has 3 rings (SSSR count). The summed E-state index contributed by atoms with van der Waals surface area (Å²) in [6.07, 6.45) is 3.09. The van der Waals surface area contributed by atoms with E-state index in [0.717, 1.165) is 49.3 Å². The van der Waals surface area contributed by atoms with E-state index < -0.39 is 6.10 Å². The van der Waals surface area contributed by atoms with Crippen molar-refractivity contribution in [1.29, 1.82) is 0 Å². The van der Waals surface area contributed by atoms with Gasteiger partial charge in [0.15, 0.2) is 6.10 Å². The van der Waals surface area contributed by atoms with Crippen LogP contribution in [0.5, 0.6) is 5.75 Å². The number of nitrogen functional groups attached to an aromatic ring is 1. The first kappa shape index (κ1) is 20.1. The van der Waals surface area contributed by atoms with Crippen molar-refractivity contribution in [2.45, 2.75) is 52.3 Å². The molecule has 0 aliphatic carbocycles. The van der Waals surface area contributed by atoms with E-state index in [1.165, 1.54) is 0 Å². The summed E-state index contributed by atoms with van der Waals surface area (Å²) in [6, 6.07) is 10.0. The van der Waals surface area contributed by atoms with Gasteiger partial charge in [0, 0.05) is 31.9 Å². The summed E-state index contributed by atoms with van der Waals surface area (Å²) >= 11 is 0. The van der Waals surface area contributed by atoms with Crippen molar-refractivity contribution in [2.75, 3.05) is 18.8 Å². The van der Waals surface area contributed by atoms with Crippen LogP contribution in [0, 0.1) is 13.8 Å². The first-order chi connectivity index (χ1) is 13.4. The third kappa shape index (κ3) is 5.23. The highest BCUT2D eigenvalue weighted by Crippen LogP contribution is 2.28. The fraction of sp³-hybridized carbons (Fsp3) is 0.455. The van der Waals surface area contributed by atoms with Crippen LogP contribution in [-0.4, -0.2) is 41.0 Å². The summed E-state index contributed by atoms with van der Waals surface area (Å²) in [7, 11) is 0. The van der Waals surface area contributed by atoms with Gasteiger partial charge in [-0.25, -0.2) is 0 Å². The molecule has 1 atom stereocenters. The smallest absolute Gasteiger partial charge is 0.260 e. The van der Waals surface area contributed by atoms with Crippen molar-refractivity contribution >= 4 is 11.6 Å². The molecule has 1 fully saturated rings. The molecule has 0 spiro atoms. The summed E-state index contributed by atoms with van der Waals surface area (Å²) in [5.41, 5.74) is 9.74. The molecule has 1 aliphatic rings. The maximum absolute atomic E-state index is 12.6. The molecule has 1 aliphatic heterocycles. The number of carbonyl (C=O) groups excluding carboxylic acids is 1. The number of ether oxygens (including phenoxy) is 1. The van der Waals surface area contributed by atoms with Crippen molar-refractivity contribution in [2.24, 2.45) is 0 Å². The Morgan fingerprint density at radius 3 is 2.71 bits per heavy atom. The van der Waals surface area contributed by atoms with Crippen molar-refractivity contribution in [3.63, 3.8) is 0 Å². The number of pyridine rings is 1. The highest BCUT2D eigenvalue weighted by atomic mass is 16.5. The average Bonchev–Trinajstić information content (AvgIpc) is 2.67. The van der Waals surface area contributed by atoms with Gasteiger partial charge in [-0.2, -0.15) is 0 Å². The number of anilines is 1. The average molecular weight is 383 g/mol. The number of aryl methyl sites for hydroxylation is 2. The number of benzene rings is 1. The lowest BCUT2D eigenvalue weighted by Crippen LogP contribution is -2.48. The molecule has 1 saturated heterocycles. The van der Waals surface area contributed by atoms with Crippen LogP contribution in [0.3, 0.4) is 0 Å². The van der Waals surface area contributed by atoms with Crippen LogP contribution < -0.4 is 15.8 Å². The number of nitrogens with two attached hydrogens (primary N) is 1. The van der Waals surface area contributed by atoms with E-state index in [4.69, 9.17) is 10.5 Å². The summed E-state index contributed by atoms with van der Waals surface area (Å²) in [5.74, 6) is 0.501. The molecule has 1 amide bonds. The normalized spacial score (nSPS) is 16.5. The van der Waals surface area contributed by atoms with Gasteiger partial charge < -0.3 is 15.8 Å². The molecule has 6 heteroatoms. The van der Waals surface area contributed by atoms with Gasteiger partial charge in [-0.05, 0) is 62.9 Å². The third-order valence-electron chi connectivity index (χ3n) is 5.16. The van der Waals surface area contributed by atoms with E-state index in [1.54, 1.807) is 6.92 Å². The third-order valence-corrected chi connectivity index (χ3v) is 5.16. The van der Waals surface area contributed by atoms with E-state index in [2.05, 4.69) is 15.2 Å². The first-order valence-corrected chi connectivity index (χ1v) is 9.88. The molecule has 1 unspecified atom stereocenters. The van der Waals surface area contributed by atoms with Crippen LogP contribution >= 0.6 is 0 Å². The monoisotopic (exact) mass is 382 g/mol. The Kier molecular flexibility index (Phi) is 6.52. The van der Waals surface area contributed by atoms with Crippen molar-refractivity contribution < 1.29 is 9.53 Å². The Bertz CT molecular complexity index is 778. The number of hydrogen-bond acceptors (Lipinski definition) is 5. The molecule has 3 N–H and O–H groups in total. The zero-order valence-electron chi connectivity index (χ0n) is 16.9. The molecule has 1 aromatic carbocycles. The number of carbonyl (C=O) groups is 1. The molecular weight excluding hydrogens is 352 g/mol. The fourth-order valence-corrected chi connectivity index (χ4v) is 3.65. The first-order valence-electron chi connectivity index (χ1n) is 9.88. The number of likely N-dealkylation sites (tertiary alicyclic amines) is 1. The predicted octanol–water partition coefficient (Wildman–Crippen LogP) is 2.83. The van der Waals surface area contributed by atoms with E-state index in [1.807, 2.05) is 50.4 Å². The number of nitrogens with zero attached hydrogens (tertiary/aromatic N) is 2. The molecule has 28 heavy (non-hydrogen) atoms. The largest absolute Gasteiger partial charge is 0.478 e. The second-order valence-corrected chi connectivity index (χ2v) is 7.64. The Hall–Kier alpha value is -2.60. The van der Waals surface area contributed by atoms with Gasteiger partial charge in [-0.3, -0.25) is 14.7 Å². The number of hydrogen-bond donors (Lipinski definition) is 2. The second-order valence-electron chi connectivity index (χ2n) is 7.64. The zero-order valence-corrected chi connectivity index (χ0v) is 16.9. The molecule has 0 saturated carbocycles. The Morgan fingerprint density at radius 1 is 1.32 bits per heavy atom. The zero-order chi connectivity index (χ0) is 20.1. The lowest BCUT2D eigenvalue weighted by Gasteiger charge is -2.32. The highest BCUT2D eigenvalue weighted by Gasteiger charge is 2.24. The van der Waals surface area contributed by atoms with Gasteiger partial charge in [0.1, 0.15) is 5.75 Å². The highest BCUT2D eigenvalue weighted by molar-refractivity contribution is 5.81. The SMILES string of the molecule is Cc1cc(C)c(OC(C)C(=O)NC2CCN(Cc3ccccn3)CC2)c(N)c1. The summed E-state index contributed by atoms with van der Waals surface area (Å²) in [4.78, 5) is 19.3. The van der Waals surface area contributed by atoms with Gasteiger partial charge in [0.2, 0.25) is 0 Å². The lowest BCUT2D eigenvalue weighted by molar-refractivity contribution is -0.128. The quantitative estimate of drug-likeness (QED) is 0.751. The number of nitrogens with one attached hydrogen (secondary N) is 1. The minimum absolute atomic E-state index is 0.0949. The minimum atomic E-state index is -0.588. The Labute approximate surface area is 167 Å². The van der Waals surface area contributed by atoms with Crippen LogP contribution in [0.25, 0.3) is 0 Å². The molecule has 6 nitrogen and oxygen atoms in total. The van der Waals surface area contributed by atoms with Crippen molar-refractivity contribution in [1.82, 2.24) is 15.2 Å². The molecule has 0 radical (unpaired) electrons. The van der Waals surface area contributed by atoms with E-state index in [9.17, 15) is 4.79 Å². The van der Waals surface area contributed by atoms with Crippen molar-refractivity contribution in [3.8, 4) is 5.75 Å². The van der Waals surface area contributed by atoms with Crippen LogP contribution in [-0.2, 0) is 11.3 Å². The second kappa shape index (κ2) is 9.06. The van der Waals surface area contributed by atoms with Gasteiger partial charge >= 0.3 is 0 Å². The molecule has 150 valence electrons. The Morgan fingerprint density at radius 2 is 2.07 bits per heavy atom. The number of rotatable bonds is 6. The number of amides is 1. The van der Waals surface area contributed by atoms with Crippen LogP contribution in [0.15, 0.2) is 36.5 Å². The van der Waals surface area contributed by atoms with Gasteiger partial charge in [0.05, 0.1) is 11.4 Å². The van der Waals surface area contributed by atoms with Gasteiger partial charge in [-0.15, -0.1) is 0 Å². The summed E-state index contributed by atoms with van der Waals surface area (Å²) < 4.78 is 5.88. The molecule has 1 aromatic heterocycles. The maximum Gasteiger partial charge on any atom is 0.260 e. The van der Waals surface area contributed by atoms with Crippen LogP contribution in [0.1, 0.15) is 36.6 Å². The maximum atomic E-state index is 12.6. The van der Waals surface area contributed by atoms with Gasteiger partial charge in [-0.1, -0.05) is 12.1 Å². The topological polar surface area (TPSA) is 80.5 Å². The van der Waals surface area contributed by atoms with E-state index >= 15 is 0 Å². The summed E-state index contributed by atoms with van der Waals surface area (Å²) in [6.45, 7) is 8.45. The fourth-order valence-electron chi connectivity index (χ4n) is 3.65. The van der Waals surface area contributed by atoms with E-state index in [0.29, 0.717) is 11.4 Å². The van der Waals surface area contributed by atoms with E-state index in [-0.39, 0.29) is 11.9 Å². The predicted molar refractivity (Wildman–Crippen MR) is 111 cm³/mol. The van der Waals surface area contributed by atoms with Crippen LogP contribution in [0.4, 0.5) is 5.69 Å². The Balaban J connectivity index is 1.47. The number of aromatic nitrogens is 1. The molecule has 0 bridgehead atoms. The summed E-state index contributed by atoms with van der Waals surface area (Å²) in [5, 5.41) is 3.13. The molecule has 2 aromatic rings. The molecule has 2 heterocycles.